The number of aliphatic hydroxyl groups excluding tert-OH is 1. The number of amidine groups is 1. The van der Waals surface area contributed by atoms with Crippen molar-refractivity contribution in [2.24, 2.45) is 4.99 Å². The molecular weight excluding hydrogens is 296 g/mol. The Morgan fingerprint density at radius 3 is 2.21 bits per heavy atom. The molecule has 1 aliphatic rings. The van der Waals surface area contributed by atoms with Crippen LogP contribution in [0.3, 0.4) is 0 Å². The second-order valence-electron chi connectivity index (χ2n) is 6.99. The van der Waals surface area contributed by atoms with Crippen molar-refractivity contribution >= 4 is 5.84 Å². The Morgan fingerprint density at radius 1 is 0.917 bits per heavy atom. The maximum atomic E-state index is 9.03. The number of unbranched alkanes of at least 4 members (excludes halogenated alkanes) is 10. The fourth-order valence-corrected chi connectivity index (χ4v) is 3.31. The quantitative estimate of drug-likeness (QED) is 0.305. The van der Waals surface area contributed by atoms with E-state index in [-0.39, 0.29) is 6.61 Å². The molecule has 0 bridgehead atoms. The first kappa shape index (κ1) is 21.2. The number of nitrogens with zero attached hydrogens (tertiary/aromatic N) is 2. The molecule has 1 aliphatic heterocycles. The van der Waals surface area contributed by atoms with Crippen LogP contribution >= 0.6 is 0 Å². The molecule has 0 saturated carbocycles. The molecule has 3 heteroatoms. The SMILES string of the molecule is CCCCCCCCCCC/C=C/CCCC1=NCCN1CCO. The fraction of sp³-hybridized carbons (Fsp3) is 0.857. The average Bonchev–Trinajstić information content (AvgIpc) is 3.03. The number of rotatable bonds is 16. The van der Waals surface area contributed by atoms with Crippen LogP contribution in [0.5, 0.6) is 0 Å². The zero-order valence-electron chi connectivity index (χ0n) is 16.0. The molecule has 140 valence electrons. The van der Waals surface area contributed by atoms with Gasteiger partial charge in [0.2, 0.25) is 0 Å². The number of hydrogen-bond acceptors (Lipinski definition) is 3. The van der Waals surface area contributed by atoms with Crippen molar-refractivity contribution in [2.45, 2.75) is 90.4 Å². The van der Waals surface area contributed by atoms with Gasteiger partial charge >= 0.3 is 0 Å². The van der Waals surface area contributed by atoms with E-state index in [0.717, 1.165) is 32.5 Å². The van der Waals surface area contributed by atoms with Crippen LogP contribution in [0.4, 0.5) is 0 Å². The molecule has 0 aliphatic carbocycles. The van der Waals surface area contributed by atoms with E-state index in [9.17, 15) is 0 Å². The fourth-order valence-electron chi connectivity index (χ4n) is 3.31. The first-order chi connectivity index (χ1) is 11.9. The topological polar surface area (TPSA) is 35.8 Å². The standard InChI is InChI=1S/C21H40N2O/c1-2-3-4-5-6-7-8-9-10-11-12-13-14-15-16-21-22-17-18-23(21)19-20-24/h12-13,24H,2-11,14-20H2,1H3/b13-12+. The lowest BCUT2D eigenvalue weighted by Crippen LogP contribution is -2.30. The smallest absolute Gasteiger partial charge is 0.0991 e. The lowest BCUT2D eigenvalue weighted by molar-refractivity contribution is 0.255. The molecule has 24 heavy (non-hydrogen) atoms. The van der Waals surface area contributed by atoms with Gasteiger partial charge in [0.25, 0.3) is 0 Å². The van der Waals surface area contributed by atoms with E-state index in [1.165, 1.54) is 76.5 Å². The third-order valence-corrected chi connectivity index (χ3v) is 4.81. The van der Waals surface area contributed by atoms with E-state index in [2.05, 4.69) is 29.0 Å². The third kappa shape index (κ3) is 10.9. The van der Waals surface area contributed by atoms with Crippen LogP contribution in [-0.4, -0.2) is 42.1 Å². The van der Waals surface area contributed by atoms with Crippen molar-refractivity contribution < 1.29 is 5.11 Å². The summed E-state index contributed by atoms with van der Waals surface area (Å²) < 4.78 is 0. The van der Waals surface area contributed by atoms with Gasteiger partial charge in [0.1, 0.15) is 0 Å². The van der Waals surface area contributed by atoms with Crippen LogP contribution in [0, 0.1) is 0 Å². The molecule has 1 rings (SSSR count). The second kappa shape index (κ2) is 15.7. The molecule has 0 unspecified atom stereocenters. The van der Waals surface area contributed by atoms with Gasteiger partial charge in [0, 0.05) is 19.5 Å². The molecule has 0 amide bonds. The van der Waals surface area contributed by atoms with E-state index in [0.29, 0.717) is 0 Å². The van der Waals surface area contributed by atoms with E-state index in [4.69, 9.17) is 5.11 Å². The maximum absolute atomic E-state index is 9.03. The Balaban J connectivity index is 1.85. The van der Waals surface area contributed by atoms with Crippen LogP contribution in [0.15, 0.2) is 17.1 Å². The van der Waals surface area contributed by atoms with Gasteiger partial charge in [-0.25, -0.2) is 0 Å². The van der Waals surface area contributed by atoms with Crippen molar-refractivity contribution in [2.75, 3.05) is 26.2 Å². The Bertz CT molecular complexity index is 339. The summed E-state index contributed by atoms with van der Waals surface area (Å²) in [5, 5.41) is 9.03. The average molecular weight is 337 g/mol. The van der Waals surface area contributed by atoms with Crippen molar-refractivity contribution in [3.63, 3.8) is 0 Å². The molecule has 0 saturated heterocycles. The molecule has 0 fully saturated rings. The van der Waals surface area contributed by atoms with Gasteiger partial charge < -0.3 is 10.0 Å². The summed E-state index contributed by atoms with van der Waals surface area (Å²) in [5.41, 5.74) is 0. The molecule has 0 atom stereocenters. The predicted octanol–water partition coefficient (Wildman–Crippen LogP) is 5.34. The molecule has 1 N–H and O–H groups in total. The number of β-amino-alcohol motifs (C(OH)–C–C–N with tert-alkyl or cyclic N) is 1. The molecule has 0 spiro atoms. The van der Waals surface area contributed by atoms with Gasteiger partial charge in [-0.2, -0.15) is 0 Å². The van der Waals surface area contributed by atoms with Crippen molar-refractivity contribution in [1.82, 2.24) is 4.90 Å². The summed E-state index contributed by atoms with van der Waals surface area (Å²) in [4.78, 5) is 6.77. The largest absolute Gasteiger partial charge is 0.395 e. The molecule has 3 nitrogen and oxygen atoms in total. The Kier molecular flexibility index (Phi) is 13.9. The lowest BCUT2D eigenvalue weighted by atomic mass is 10.1. The highest BCUT2D eigenvalue weighted by Gasteiger charge is 2.14. The van der Waals surface area contributed by atoms with E-state index < -0.39 is 0 Å². The second-order valence-corrected chi connectivity index (χ2v) is 6.99. The van der Waals surface area contributed by atoms with Gasteiger partial charge in [-0.15, -0.1) is 0 Å². The number of allylic oxidation sites excluding steroid dienone is 2. The van der Waals surface area contributed by atoms with E-state index >= 15 is 0 Å². The van der Waals surface area contributed by atoms with Crippen molar-refractivity contribution in [1.29, 1.82) is 0 Å². The van der Waals surface area contributed by atoms with Gasteiger partial charge in [-0.3, -0.25) is 4.99 Å². The minimum Gasteiger partial charge on any atom is -0.395 e. The first-order valence-corrected chi connectivity index (χ1v) is 10.4. The number of aliphatic hydroxyl groups is 1. The zero-order valence-corrected chi connectivity index (χ0v) is 16.0. The van der Waals surface area contributed by atoms with Crippen LogP contribution < -0.4 is 0 Å². The van der Waals surface area contributed by atoms with E-state index in [1.807, 2.05) is 0 Å². The summed E-state index contributed by atoms with van der Waals surface area (Å²) in [5.74, 6) is 1.20. The van der Waals surface area contributed by atoms with Gasteiger partial charge in [0.05, 0.1) is 19.0 Å². The minimum atomic E-state index is 0.234. The van der Waals surface area contributed by atoms with Crippen molar-refractivity contribution in [3.05, 3.63) is 12.2 Å². The third-order valence-electron chi connectivity index (χ3n) is 4.81. The Morgan fingerprint density at radius 2 is 1.54 bits per heavy atom. The molecular formula is C21H40N2O. The Labute approximate surface area is 150 Å². The predicted molar refractivity (Wildman–Crippen MR) is 106 cm³/mol. The summed E-state index contributed by atoms with van der Waals surface area (Å²) >= 11 is 0. The monoisotopic (exact) mass is 336 g/mol. The summed E-state index contributed by atoms with van der Waals surface area (Å²) in [6.07, 6.45) is 22.0. The normalized spacial score (nSPS) is 14.8. The summed E-state index contributed by atoms with van der Waals surface area (Å²) in [6.45, 7) is 5.15. The van der Waals surface area contributed by atoms with Gasteiger partial charge in [-0.05, 0) is 25.7 Å². The molecule has 0 aromatic rings. The van der Waals surface area contributed by atoms with Crippen LogP contribution in [-0.2, 0) is 0 Å². The van der Waals surface area contributed by atoms with Crippen molar-refractivity contribution in [3.8, 4) is 0 Å². The highest BCUT2D eigenvalue weighted by molar-refractivity contribution is 5.83. The molecule has 0 aromatic carbocycles. The first-order valence-electron chi connectivity index (χ1n) is 10.4. The van der Waals surface area contributed by atoms with Gasteiger partial charge in [-0.1, -0.05) is 70.4 Å². The molecule has 0 aromatic heterocycles. The summed E-state index contributed by atoms with van der Waals surface area (Å²) in [7, 11) is 0. The number of aliphatic imine (C=N–C) groups is 1. The zero-order chi connectivity index (χ0) is 17.3. The Hall–Kier alpha value is -0.830. The van der Waals surface area contributed by atoms with E-state index in [1.54, 1.807) is 0 Å². The highest BCUT2D eigenvalue weighted by atomic mass is 16.3. The minimum absolute atomic E-state index is 0.234. The lowest BCUT2D eigenvalue weighted by Gasteiger charge is -2.18. The highest BCUT2D eigenvalue weighted by Crippen LogP contribution is 2.11. The summed E-state index contributed by atoms with van der Waals surface area (Å²) in [6, 6.07) is 0. The van der Waals surface area contributed by atoms with Crippen LogP contribution in [0.25, 0.3) is 0 Å². The van der Waals surface area contributed by atoms with Crippen LogP contribution in [0.1, 0.15) is 90.4 Å². The van der Waals surface area contributed by atoms with Gasteiger partial charge in [0.15, 0.2) is 0 Å². The molecule has 1 heterocycles. The molecule has 0 radical (unpaired) electrons. The van der Waals surface area contributed by atoms with Crippen LogP contribution in [0.2, 0.25) is 0 Å². The maximum Gasteiger partial charge on any atom is 0.0991 e. The number of hydrogen-bond donors (Lipinski definition) is 1.